The van der Waals surface area contributed by atoms with Gasteiger partial charge in [-0.1, -0.05) is 30.3 Å². The Labute approximate surface area is 191 Å². The van der Waals surface area contributed by atoms with Crippen LogP contribution in [0, 0.1) is 0 Å². The number of likely N-dealkylation sites (tertiary alicyclic amines) is 1. The van der Waals surface area contributed by atoms with Gasteiger partial charge >= 0.3 is 6.03 Å². The molecule has 4 rings (SSSR count). The van der Waals surface area contributed by atoms with E-state index < -0.39 is 0 Å². The van der Waals surface area contributed by atoms with E-state index in [1.54, 1.807) is 0 Å². The fourth-order valence-electron chi connectivity index (χ4n) is 4.78. The summed E-state index contributed by atoms with van der Waals surface area (Å²) in [6.45, 7) is 8.35. The Kier molecular flexibility index (Phi) is 7.10. The van der Waals surface area contributed by atoms with Crippen molar-refractivity contribution in [1.29, 1.82) is 0 Å². The van der Waals surface area contributed by atoms with Gasteiger partial charge in [0, 0.05) is 56.1 Å². The van der Waals surface area contributed by atoms with Gasteiger partial charge in [0.25, 0.3) is 5.91 Å². The average Bonchev–Trinajstić information content (AvgIpc) is 2.80. The van der Waals surface area contributed by atoms with E-state index in [0.717, 1.165) is 44.7 Å². The summed E-state index contributed by atoms with van der Waals surface area (Å²) < 4.78 is 0. The predicted octanol–water partition coefficient (Wildman–Crippen LogP) is 4.44. The third-order valence-corrected chi connectivity index (χ3v) is 6.67. The van der Waals surface area contributed by atoms with Gasteiger partial charge in [-0.3, -0.25) is 9.69 Å². The number of hydrogen-bond acceptors (Lipinski definition) is 3. The highest BCUT2D eigenvalue weighted by Gasteiger charge is 2.28. The molecule has 0 bridgehead atoms. The van der Waals surface area contributed by atoms with Crippen molar-refractivity contribution in [3.8, 4) is 0 Å². The Balaban J connectivity index is 1.30. The number of piperidine rings is 1. The molecule has 2 aromatic carbocycles. The van der Waals surface area contributed by atoms with Crippen LogP contribution in [-0.4, -0.2) is 64.9 Å². The van der Waals surface area contributed by atoms with Crippen molar-refractivity contribution in [2.24, 2.45) is 0 Å². The molecule has 0 spiro atoms. The highest BCUT2D eigenvalue weighted by molar-refractivity contribution is 5.95. The molecule has 0 radical (unpaired) electrons. The lowest BCUT2D eigenvalue weighted by atomic mass is 10.0. The van der Waals surface area contributed by atoms with E-state index in [9.17, 15) is 9.59 Å². The van der Waals surface area contributed by atoms with Gasteiger partial charge in [-0.2, -0.15) is 0 Å². The normalized spacial score (nSPS) is 21.9. The molecule has 0 saturated carbocycles. The highest BCUT2D eigenvalue weighted by atomic mass is 16.2. The van der Waals surface area contributed by atoms with E-state index >= 15 is 0 Å². The quantitative estimate of drug-likeness (QED) is 0.774. The van der Waals surface area contributed by atoms with Gasteiger partial charge in [0.2, 0.25) is 0 Å². The van der Waals surface area contributed by atoms with Crippen LogP contribution in [0.3, 0.4) is 0 Å². The highest BCUT2D eigenvalue weighted by Crippen LogP contribution is 2.21. The molecule has 6 heteroatoms. The number of benzene rings is 2. The Morgan fingerprint density at radius 3 is 2.31 bits per heavy atom. The Hall–Kier alpha value is -2.86. The molecule has 2 fully saturated rings. The first-order chi connectivity index (χ1) is 15.5. The third-order valence-electron chi connectivity index (χ3n) is 6.67. The molecule has 3 amide bonds. The smallest absolute Gasteiger partial charge is 0.322 e. The summed E-state index contributed by atoms with van der Waals surface area (Å²) in [5.41, 5.74) is 2.70. The first kappa shape index (κ1) is 22.3. The summed E-state index contributed by atoms with van der Waals surface area (Å²) >= 11 is 0. The SMILES string of the molecule is C[C@H]1CN(Cc2ccccc2)CCN1C(=O)Nc1ccc(C(=O)N2CCCC[C@@H]2C)cc1. The van der Waals surface area contributed by atoms with Gasteiger partial charge in [-0.15, -0.1) is 0 Å². The molecule has 2 saturated heterocycles. The lowest BCUT2D eigenvalue weighted by Gasteiger charge is -2.39. The summed E-state index contributed by atoms with van der Waals surface area (Å²) in [6, 6.07) is 18.1. The van der Waals surface area contributed by atoms with Crippen LogP contribution in [0.5, 0.6) is 0 Å². The Bertz CT molecular complexity index is 915. The largest absolute Gasteiger partial charge is 0.336 e. The Morgan fingerprint density at radius 1 is 0.875 bits per heavy atom. The fourth-order valence-corrected chi connectivity index (χ4v) is 4.78. The number of carbonyl (C=O) groups excluding carboxylic acids is 2. The second-order valence-corrected chi connectivity index (χ2v) is 9.11. The number of hydrogen-bond donors (Lipinski definition) is 1. The van der Waals surface area contributed by atoms with E-state index in [0.29, 0.717) is 12.1 Å². The number of carbonyl (C=O) groups is 2. The second-order valence-electron chi connectivity index (χ2n) is 9.11. The van der Waals surface area contributed by atoms with Crippen LogP contribution in [0.4, 0.5) is 10.5 Å². The molecule has 2 aromatic rings. The number of urea groups is 1. The topological polar surface area (TPSA) is 55.9 Å². The van der Waals surface area contributed by atoms with Gasteiger partial charge in [0.05, 0.1) is 0 Å². The maximum Gasteiger partial charge on any atom is 0.322 e. The maximum atomic E-state index is 12.9. The van der Waals surface area contributed by atoms with E-state index in [1.807, 2.05) is 40.1 Å². The van der Waals surface area contributed by atoms with E-state index in [4.69, 9.17) is 0 Å². The minimum atomic E-state index is -0.0828. The van der Waals surface area contributed by atoms with E-state index in [2.05, 4.69) is 48.3 Å². The van der Waals surface area contributed by atoms with Crippen LogP contribution < -0.4 is 5.32 Å². The first-order valence-electron chi connectivity index (χ1n) is 11.8. The number of rotatable bonds is 4. The second kappa shape index (κ2) is 10.2. The van der Waals surface area contributed by atoms with Crippen molar-refractivity contribution in [3.05, 3.63) is 65.7 Å². The minimum absolute atomic E-state index is 0.0817. The van der Waals surface area contributed by atoms with Crippen molar-refractivity contribution in [3.63, 3.8) is 0 Å². The lowest BCUT2D eigenvalue weighted by molar-refractivity contribution is 0.0635. The lowest BCUT2D eigenvalue weighted by Crippen LogP contribution is -2.54. The Morgan fingerprint density at radius 2 is 1.62 bits per heavy atom. The first-order valence-corrected chi connectivity index (χ1v) is 11.8. The molecule has 6 nitrogen and oxygen atoms in total. The van der Waals surface area contributed by atoms with Gasteiger partial charge in [0.1, 0.15) is 0 Å². The van der Waals surface area contributed by atoms with Crippen molar-refractivity contribution in [1.82, 2.24) is 14.7 Å². The van der Waals surface area contributed by atoms with Crippen molar-refractivity contribution in [2.75, 3.05) is 31.5 Å². The zero-order chi connectivity index (χ0) is 22.5. The van der Waals surface area contributed by atoms with Crippen LogP contribution in [0.25, 0.3) is 0 Å². The third kappa shape index (κ3) is 5.30. The molecular weight excluding hydrogens is 400 g/mol. The molecule has 2 aliphatic rings. The van der Waals surface area contributed by atoms with Crippen molar-refractivity contribution < 1.29 is 9.59 Å². The van der Waals surface area contributed by atoms with Crippen LogP contribution in [0.2, 0.25) is 0 Å². The van der Waals surface area contributed by atoms with Crippen molar-refractivity contribution in [2.45, 2.75) is 51.7 Å². The zero-order valence-corrected chi connectivity index (χ0v) is 19.2. The van der Waals surface area contributed by atoms with Gasteiger partial charge in [0.15, 0.2) is 0 Å². The molecule has 2 atom stereocenters. The number of piperazine rings is 1. The number of amides is 3. The molecule has 1 N–H and O–H groups in total. The van der Waals surface area contributed by atoms with Crippen molar-refractivity contribution >= 4 is 17.6 Å². The van der Waals surface area contributed by atoms with Crippen LogP contribution in [-0.2, 0) is 6.54 Å². The van der Waals surface area contributed by atoms with Gasteiger partial charge in [-0.05, 0) is 62.9 Å². The molecule has 2 heterocycles. The number of nitrogens with one attached hydrogen (secondary N) is 1. The monoisotopic (exact) mass is 434 g/mol. The van der Waals surface area contributed by atoms with Gasteiger partial charge < -0.3 is 15.1 Å². The zero-order valence-electron chi connectivity index (χ0n) is 19.2. The van der Waals surface area contributed by atoms with Crippen LogP contribution >= 0.6 is 0 Å². The molecule has 0 unspecified atom stereocenters. The summed E-state index contributed by atoms with van der Waals surface area (Å²) in [7, 11) is 0. The molecule has 32 heavy (non-hydrogen) atoms. The summed E-state index contributed by atoms with van der Waals surface area (Å²) in [5, 5.41) is 3.00. The van der Waals surface area contributed by atoms with Crippen LogP contribution in [0.1, 0.15) is 49.0 Å². The minimum Gasteiger partial charge on any atom is -0.336 e. The number of nitrogens with zero attached hydrogens (tertiary/aromatic N) is 3. The fraction of sp³-hybridized carbons (Fsp3) is 0.462. The summed E-state index contributed by atoms with van der Waals surface area (Å²) in [5.74, 6) is 0.0817. The molecule has 0 aromatic heterocycles. The summed E-state index contributed by atoms with van der Waals surface area (Å²) in [4.78, 5) is 32.0. The standard InChI is InChI=1S/C26H34N4O2/c1-20-8-6-7-15-29(20)25(31)23-11-13-24(14-12-23)27-26(32)30-17-16-28(18-21(30)2)19-22-9-4-3-5-10-22/h3-5,9-14,20-21H,6-8,15-19H2,1-2H3,(H,27,32)/t20-,21-/m0/s1. The van der Waals surface area contributed by atoms with Crippen LogP contribution in [0.15, 0.2) is 54.6 Å². The van der Waals surface area contributed by atoms with E-state index in [-0.39, 0.29) is 24.0 Å². The molecule has 0 aliphatic carbocycles. The molecule has 2 aliphatic heterocycles. The average molecular weight is 435 g/mol. The molecule has 170 valence electrons. The van der Waals surface area contributed by atoms with Gasteiger partial charge in [-0.25, -0.2) is 4.79 Å². The summed E-state index contributed by atoms with van der Waals surface area (Å²) in [6.07, 6.45) is 3.33. The maximum absolute atomic E-state index is 12.9. The number of anilines is 1. The predicted molar refractivity (Wildman–Crippen MR) is 128 cm³/mol. The van der Waals surface area contributed by atoms with E-state index in [1.165, 1.54) is 12.0 Å². The molecular formula is C26H34N4O2.